The molecule has 2 aliphatic heterocycles. The summed E-state index contributed by atoms with van der Waals surface area (Å²) in [5.74, 6) is -12.8. The van der Waals surface area contributed by atoms with Gasteiger partial charge >= 0.3 is 47.8 Å². The van der Waals surface area contributed by atoms with E-state index < -0.39 is 47.8 Å². The van der Waals surface area contributed by atoms with Crippen molar-refractivity contribution < 1.29 is 99.6 Å². The van der Waals surface area contributed by atoms with Crippen LogP contribution in [0.2, 0.25) is 0 Å². The molecule has 6 rings (SSSR count). The third-order valence-electron chi connectivity index (χ3n) is 10.1. The molecule has 0 aromatic heterocycles. The lowest BCUT2D eigenvalue weighted by atomic mass is 9.90. The minimum absolute atomic E-state index is 0.0673. The Morgan fingerprint density at radius 3 is 1.06 bits per heavy atom. The Morgan fingerprint density at radius 2 is 0.778 bits per heavy atom. The Labute approximate surface area is 436 Å². The van der Waals surface area contributed by atoms with Crippen LogP contribution < -0.4 is 21.3 Å². The van der Waals surface area contributed by atoms with Gasteiger partial charge < -0.3 is 82.5 Å². The second kappa shape index (κ2) is 30.5. The molecule has 0 aliphatic carbocycles. The summed E-state index contributed by atoms with van der Waals surface area (Å²) in [7, 11) is 0. The van der Waals surface area contributed by atoms with Crippen LogP contribution in [0.5, 0.6) is 23.0 Å². The normalized spacial score (nSPS) is 13.8. The van der Waals surface area contributed by atoms with Crippen molar-refractivity contribution in [2.24, 2.45) is 0 Å². The molecule has 0 saturated carbocycles. The van der Waals surface area contributed by atoms with Crippen LogP contribution >= 0.6 is 45.2 Å². The molecular weight excluding hydrogens is 1180 g/mol. The number of phenols is 4. The molecule has 4 aromatic rings. The van der Waals surface area contributed by atoms with Crippen molar-refractivity contribution in [1.82, 2.24) is 10.6 Å². The number of aliphatic carboxylic acids is 8. The summed E-state index contributed by atoms with van der Waals surface area (Å²) in [6.07, 6.45) is 4.73. The summed E-state index contributed by atoms with van der Waals surface area (Å²) in [5.41, 5.74) is 8.56. The molecule has 24 nitrogen and oxygen atoms in total. The second-order valence-electron chi connectivity index (χ2n) is 15.3. The number of nitrogens with one attached hydrogen (secondary N) is 4. The summed E-state index contributed by atoms with van der Waals surface area (Å²) < 4.78 is 2.18. The fourth-order valence-corrected chi connectivity index (χ4v) is 8.30. The van der Waals surface area contributed by atoms with Crippen molar-refractivity contribution in [3.05, 3.63) is 101 Å². The predicted molar refractivity (Wildman–Crippen MR) is 271 cm³/mol. The Bertz CT molecular complexity index is 2360. The molecule has 390 valence electrons. The number of hydrogen-bond acceptors (Lipinski definition) is 16. The van der Waals surface area contributed by atoms with Crippen molar-refractivity contribution in [2.75, 3.05) is 36.8 Å². The third-order valence-corrected chi connectivity index (χ3v) is 11.8. The maximum Gasteiger partial charge on any atom is 0.414 e. The zero-order valence-electron chi connectivity index (χ0n) is 37.8. The van der Waals surface area contributed by atoms with E-state index in [1.807, 2.05) is 12.1 Å². The summed E-state index contributed by atoms with van der Waals surface area (Å²) >= 11 is 4.57. The van der Waals surface area contributed by atoms with Gasteiger partial charge in [0.15, 0.2) is 23.0 Å². The van der Waals surface area contributed by atoms with E-state index >= 15 is 0 Å². The smallest absolute Gasteiger partial charge is 0.414 e. The minimum Gasteiger partial charge on any atom is -0.504 e. The highest BCUT2D eigenvalue weighted by molar-refractivity contribution is 14.1. The standard InChI is InChI=1S/2C20H23IN2O4.3C2H2O4/c2*21-15-8-12(3-4-16(15)22-6-1-2-20(26)27)9-17-14-11-19(25)18(24)10-13(14)5-7-23-17;3*3-1(4)2(5)6/h2*3-4,8,10-11,17,22-25H,1-2,5-7,9H2,(H,26,27);3*(H,3,4)(H,5,6)/t2*17-;;;/m00.../s1. The van der Waals surface area contributed by atoms with Gasteiger partial charge in [-0.25, -0.2) is 28.8 Å². The highest BCUT2D eigenvalue weighted by Crippen LogP contribution is 2.37. The van der Waals surface area contributed by atoms with Gasteiger partial charge in [-0.15, -0.1) is 0 Å². The van der Waals surface area contributed by atoms with Crippen LogP contribution in [0, 0.1) is 7.14 Å². The lowest BCUT2D eigenvalue weighted by Crippen LogP contribution is -2.31. The largest absolute Gasteiger partial charge is 0.504 e. The van der Waals surface area contributed by atoms with E-state index in [1.54, 1.807) is 24.3 Å². The first-order valence-electron chi connectivity index (χ1n) is 21.2. The van der Waals surface area contributed by atoms with Gasteiger partial charge in [-0.2, -0.15) is 0 Å². The van der Waals surface area contributed by atoms with Crippen LogP contribution in [0.25, 0.3) is 0 Å². The first kappa shape index (κ1) is 60.9. The fraction of sp³-hybridized carbons (Fsp3) is 0.304. The molecule has 0 radical (unpaired) electrons. The van der Waals surface area contributed by atoms with E-state index in [9.17, 15) is 30.0 Å². The predicted octanol–water partition coefficient (Wildman–Crippen LogP) is 4.28. The summed E-state index contributed by atoms with van der Waals surface area (Å²) in [6, 6.07) is 19.2. The summed E-state index contributed by atoms with van der Waals surface area (Å²) in [4.78, 5) is 75.7. The number of fused-ring (bicyclic) bond motifs is 2. The summed E-state index contributed by atoms with van der Waals surface area (Å²) in [5, 5.41) is 114. The number of anilines is 2. The lowest BCUT2D eigenvalue weighted by molar-refractivity contribution is -0.159. The molecule has 0 saturated heterocycles. The number of rotatable bonds is 14. The van der Waals surface area contributed by atoms with Crippen LogP contribution in [0.3, 0.4) is 0 Å². The average Bonchev–Trinajstić information content (AvgIpc) is 3.29. The molecule has 26 heteroatoms. The average molecular weight is 1230 g/mol. The van der Waals surface area contributed by atoms with Gasteiger partial charge in [-0.3, -0.25) is 9.59 Å². The first-order valence-corrected chi connectivity index (χ1v) is 23.4. The van der Waals surface area contributed by atoms with Crippen molar-refractivity contribution >= 4 is 104 Å². The Balaban J connectivity index is 0.000000369. The van der Waals surface area contributed by atoms with Crippen LogP contribution in [0.4, 0.5) is 11.4 Å². The van der Waals surface area contributed by atoms with Gasteiger partial charge in [0.2, 0.25) is 0 Å². The van der Waals surface area contributed by atoms with Crippen molar-refractivity contribution in [3.63, 3.8) is 0 Å². The monoisotopic (exact) mass is 1230 g/mol. The number of hydrogen-bond donors (Lipinski definition) is 16. The zero-order valence-corrected chi connectivity index (χ0v) is 42.1. The molecule has 4 aromatic carbocycles. The van der Waals surface area contributed by atoms with Crippen molar-refractivity contribution in [2.45, 2.75) is 63.5 Å². The Hall–Kier alpha value is -7.18. The lowest BCUT2D eigenvalue weighted by Gasteiger charge is -2.27. The highest BCUT2D eigenvalue weighted by Gasteiger charge is 2.24. The van der Waals surface area contributed by atoms with Gasteiger partial charge in [0.25, 0.3) is 0 Å². The number of carboxylic acids is 8. The fourth-order valence-electron chi connectivity index (χ4n) is 6.76. The number of halogens is 2. The van der Waals surface area contributed by atoms with Crippen LogP contribution in [-0.2, 0) is 64.0 Å². The van der Waals surface area contributed by atoms with Crippen molar-refractivity contribution in [3.8, 4) is 23.0 Å². The van der Waals surface area contributed by atoms with Gasteiger partial charge in [-0.1, -0.05) is 12.1 Å². The molecule has 16 N–H and O–H groups in total. The summed E-state index contributed by atoms with van der Waals surface area (Å²) in [6.45, 7) is 2.92. The number of benzene rings is 4. The molecule has 0 unspecified atom stereocenters. The topological polar surface area (TPSA) is 427 Å². The number of carboxylic acid groups (broad SMARTS) is 8. The van der Waals surface area contributed by atoms with E-state index in [1.165, 1.54) is 11.1 Å². The van der Waals surface area contributed by atoms with E-state index in [0.29, 0.717) is 25.9 Å². The van der Waals surface area contributed by atoms with Gasteiger partial charge in [0.1, 0.15) is 0 Å². The maximum atomic E-state index is 10.6. The van der Waals surface area contributed by atoms with E-state index in [2.05, 4.69) is 90.7 Å². The van der Waals surface area contributed by atoms with Crippen molar-refractivity contribution in [1.29, 1.82) is 0 Å². The molecule has 2 aliphatic rings. The molecular formula is C46H52I2N4O20. The third kappa shape index (κ3) is 21.9. The quantitative estimate of drug-likeness (QED) is 0.0362. The molecule has 0 fully saturated rings. The number of aromatic hydroxyl groups is 4. The van der Waals surface area contributed by atoms with E-state index in [4.69, 9.17) is 69.6 Å². The number of phenolic OH excluding ortho intramolecular Hbond substituents is 4. The molecule has 72 heavy (non-hydrogen) atoms. The zero-order chi connectivity index (χ0) is 54.2. The van der Waals surface area contributed by atoms with Gasteiger partial charge in [0.05, 0.1) is 0 Å². The molecule has 2 atom stereocenters. The Morgan fingerprint density at radius 1 is 0.472 bits per heavy atom. The van der Waals surface area contributed by atoms with Gasteiger partial charge in [0, 0.05) is 56.5 Å². The molecule has 0 bridgehead atoms. The molecule has 0 spiro atoms. The first-order chi connectivity index (χ1) is 33.8. The highest BCUT2D eigenvalue weighted by atomic mass is 127. The minimum atomic E-state index is -1.82. The maximum absolute atomic E-state index is 10.6. The SMILES string of the molecule is O=C(O)C(=O)O.O=C(O)C(=O)O.O=C(O)C(=O)O.O=C(O)CCCNc1ccc(C[C@@H]2NCCc3cc(O)c(O)cc32)cc1I.O=C(O)CCCNc1ccc(C[C@@H]2NCCc3cc(O)c(O)cc32)cc1I. The Kier molecular flexibility index (Phi) is 25.8. The molecule has 0 amide bonds. The van der Waals surface area contributed by atoms with Crippen LogP contribution in [0.15, 0.2) is 60.7 Å². The second-order valence-corrected chi connectivity index (χ2v) is 17.6. The van der Waals surface area contributed by atoms with Crippen LogP contribution in [0.1, 0.15) is 71.1 Å². The van der Waals surface area contributed by atoms with E-state index in [0.717, 1.165) is 79.5 Å². The number of carbonyl (C=O) groups is 8. The van der Waals surface area contributed by atoms with E-state index in [-0.39, 0.29) is 47.9 Å². The van der Waals surface area contributed by atoms with Crippen LogP contribution in [-0.4, -0.2) is 135 Å². The van der Waals surface area contributed by atoms with Gasteiger partial charge in [-0.05, 0) is 179 Å². The molecule has 2 heterocycles.